The number of nitrogens with two attached hydrogens (primary N) is 1. The Kier molecular flexibility index (Phi) is 3.48. The number of benzene rings is 2. The third-order valence-corrected chi connectivity index (χ3v) is 3.76. The van der Waals surface area contributed by atoms with Gasteiger partial charge in [-0.2, -0.15) is 0 Å². The predicted molar refractivity (Wildman–Crippen MR) is 83.6 cm³/mol. The second-order valence-corrected chi connectivity index (χ2v) is 5.16. The summed E-state index contributed by atoms with van der Waals surface area (Å²) in [6, 6.07) is 18.6. The molecule has 0 saturated heterocycles. The van der Waals surface area contributed by atoms with Crippen molar-refractivity contribution in [3.63, 3.8) is 0 Å². The predicted octanol–water partition coefficient (Wildman–Crippen LogP) is 3.79. The number of fused-ring (bicyclic) bond motifs is 1. The SMILES string of the molecule is Cc1ccccc1CC(N)c1cccc2cccnc12. The largest absolute Gasteiger partial charge is 0.324 e. The number of aryl methyl sites for hydroxylation is 1. The zero-order valence-electron chi connectivity index (χ0n) is 11.6. The highest BCUT2D eigenvalue weighted by Gasteiger charge is 2.12. The molecule has 0 amide bonds. The first-order chi connectivity index (χ1) is 9.75. The van der Waals surface area contributed by atoms with Gasteiger partial charge in [0.2, 0.25) is 0 Å². The minimum absolute atomic E-state index is 0.0327. The molecule has 1 unspecified atom stereocenters. The molecule has 2 nitrogen and oxygen atoms in total. The van der Waals surface area contributed by atoms with Crippen molar-refractivity contribution in [1.29, 1.82) is 0 Å². The number of pyridine rings is 1. The van der Waals surface area contributed by atoms with Gasteiger partial charge in [-0.05, 0) is 36.1 Å². The van der Waals surface area contributed by atoms with Crippen LogP contribution in [0.2, 0.25) is 0 Å². The van der Waals surface area contributed by atoms with Gasteiger partial charge in [0.05, 0.1) is 5.52 Å². The van der Waals surface area contributed by atoms with Crippen LogP contribution in [0.15, 0.2) is 60.8 Å². The van der Waals surface area contributed by atoms with E-state index in [1.165, 1.54) is 11.1 Å². The Morgan fingerprint density at radius 3 is 2.65 bits per heavy atom. The summed E-state index contributed by atoms with van der Waals surface area (Å²) < 4.78 is 0. The van der Waals surface area contributed by atoms with E-state index < -0.39 is 0 Å². The molecule has 3 rings (SSSR count). The maximum absolute atomic E-state index is 6.42. The number of aromatic nitrogens is 1. The van der Waals surface area contributed by atoms with E-state index in [1.807, 2.05) is 12.3 Å². The van der Waals surface area contributed by atoms with E-state index in [2.05, 4.69) is 60.4 Å². The molecule has 3 aromatic rings. The third-order valence-electron chi connectivity index (χ3n) is 3.76. The van der Waals surface area contributed by atoms with E-state index in [9.17, 15) is 0 Å². The van der Waals surface area contributed by atoms with Crippen molar-refractivity contribution >= 4 is 10.9 Å². The van der Waals surface area contributed by atoms with Gasteiger partial charge < -0.3 is 5.73 Å². The van der Waals surface area contributed by atoms with Crippen LogP contribution in [0, 0.1) is 6.92 Å². The molecule has 0 fully saturated rings. The van der Waals surface area contributed by atoms with E-state index in [1.54, 1.807) is 0 Å². The fourth-order valence-electron chi connectivity index (χ4n) is 2.61. The van der Waals surface area contributed by atoms with Gasteiger partial charge >= 0.3 is 0 Å². The van der Waals surface area contributed by atoms with Gasteiger partial charge in [-0.25, -0.2) is 0 Å². The molecule has 2 heteroatoms. The Hall–Kier alpha value is -2.19. The number of para-hydroxylation sites is 1. The molecule has 0 aliphatic rings. The fourth-order valence-corrected chi connectivity index (χ4v) is 2.61. The minimum Gasteiger partial charge on any atom is -0.324 e. The molecule has 0 bridgehead atoms. The molecule has 1 atom stereocenters. The van der Waals surface area contributed by atoms with Crippen molar-refractivity contribution in [3.8, 4) is 0 Å². The van der Waals surface area contributed by atoms with Gasteiger partial charge in [0, 0.05) is 17.6 Å². The van der Waals surface area contributed by atoms with Crippen LogP contribution >= 0.6 is 0 Å². The van der Waals surface area contributed by atoms with Crippen LogP contribution in [-0.4, -0.2) is 4.98 Å². The highest BCUT2D eigenvalue weighted by molar-refractivity contribution is 5.82. The summed E-state index contributed by atoms with van der Waals surface area (Å²) in [5.41, 5.74) is 11.1. The second-order valence-electron chi connectivity index (χ2n) is 5.16. The molecule has 0 spiro atoms. The van der Waals surface area contributed by atoms with Crippen LogP contribution in [0.5, 0.6) is 0 Å². The van der Waals surface area contributed by atoms with Crippen molar-refractivity contribution < 1.29 is 0 Å². The monoisotopic (exact) mass is 262 g/mol. The normalized spacial score (nSPS) is 12.5. The molecule has 2 aromatic carbocycles. The lowest BCUT2D eigenvalue weighted by atomic mass is 9.95. The molecular weight excluding hydrogens is 244 g/mol. The lowest BCUT2D eigenvalue weighted by Crippen LogP contribution is -2.14. The van der Waals surface area contributed by atoms with E-state index in [0.29, 0.717) is 0 Å². The van der Waals surface area contributed by atoms with Crippen molar-refractivity contribution in [2.45, 2.75) is 19.4 Å². The quantitative estimate of drug-likeness (QED) is 0.780. The van der Waals surface area contributed by atoms with Crippen molar-refractivity contribution in [1.82, 2.24) is 4.98 Å². The summed E-state index contributed by atoms with van der Waals surface area (Å²) >= 11 is 0. The van der Waals surface area contributed by atoms with Crippen molar-refractivity contribution in [2.24, 2.45) is 5.73 Å². The van der Waals surface area contributed by atoms with E-state index in [0.717, 1.165) is 22.9 Å². The molecule has 0 aliphatic carbocycles. The van der Waals surface area contributed by atoms with Gasteiger partial charge in [0.15, 0.2) is 0 Å². The Bertz CT molecular complexity index is 729. The highest BCUT2D eigenvalue weighted by Crippen LogP contribution is 2.24. The lowest BCUT2D eigenvalue weighted by molar-refractivity contribution is 0.723. The summed E-state index contributed by atoms with van der Waals surface area (Å²) in [6.45, 7) is 2.13. The van der Waals surface area contributed by atoms with E-state index in [-0.39, 0.29) is 6.04 Å². The molecule has 0 aliphatic heterocycles. The molecule has 0 radical (unpaired) electrons. The molecule has 1 heterocycles. The molecule has 1 aromatic heterocycles. The fraction of sp³-hybridized carbons (Fsp3) is 0.167. The van der Waals surface area contributed by atoms with Crippen LogP contribution < -0.4 is 5.73 Å². The summed E-state index contributed by atoms with van der Waals surface area (Å²) in [5, 5.41) is 1.14. The van der Waals surface area contributed by atoms with Crippen LogP contribution in [0.25, 0.3) is 10.9 Å². The number of hydrogen-bond acceptors (Lipinski definition) is 2. The van der Waals surface area contributed by atoms with Gasteiger partial charge in [0.25, 0.3) is 0 Å². The second kappa shape index (κ2) is 5.43. The van der Waals surface area contributed by atoms with Gasteiger partial charge in [-0.15, -0.1) is 0 Å². The first kappa shape index (κ1) is 12.8. The van der Waals surface area contributed by atoms with Gasteiger partial charge in [-0.1, -0.05) is 48.5 Å². The molecule has 0 saturated carbocycles. The molecule has 100 valence electrons. The van der Waals surface area contributed by atoms with E-state index >= 15 is 0 Å². The first-order valence-electron chi connectivity index (χ1n) is 6.89. The number of rotatable bonds is 3. The maximum atomic E-state index is 6.42. The van der Waals surface area contributed by atoms with Gasteiger partial charge in [-0.3, -0.25) is 4.98 Å². The molecule has 20 heavy (non-hydrogen) atoms. The third kappa shape index (κ3) is 2.43. The molecule has 2 N–H and O–H groups in total. The maximum Gasteiger partial charge on any atom is 0.0749 e. The topological polar surface area (TPSA) is 38.9 Å². The van der Waals surface area contributed by atoms with Crippen LogP contribution in [0.4, 0.5) is 0 Å². The zero-order chi connectivity index (χ0) is 13.9. The summed E-state index contributed by atoms with van der Waals surface area (Å²) in [7, 11) is 0. The summed E-state index contributed by atoms with van der Waals surface area (Å²) in [6.07, 6.45) is 2.66. The minimum atomic E-state index is -0.0327. The van der Waals surface area contributed by atoms with Crippen LogP contribution in [0.1, 0.15) is 22.7 Å². The Morgan fingerprint density at radius 1 is 1.00 bits per heavy atom. The zero-order valence-corrected chi connectivity index (χ0v) is 11.6. The average molecular weight is 262 g/mol. The Morgan fingerprint density at radius 2 is 1.80 bits per heavy atom. The van der Waals surface area contributed by atoms with Crippen molar-refractivity contribution in [3.05, 3.63) is 77.5 Å². The summed E-state index contributed by atoms with van der Waals surface area (Å²) in [4.78, 5) is 4.49. The number of hydrogen-bond donors (Lipinski definition) is 1. The van der Waals surface area contributed by atoms with Crippen molar-refractivity contribution in [2.75, 3.05) is 0 Å². The van der Waals surface area contributed by atoms with Gasteiger partial charge in [0.1, 0.15) is 0 Å². The Balaban J connectivity index is 1.97. The average Bonchev–Trinajstić information content (AvgIpc) is 2.49. The lowest BCUT2D eigenvalue weighted by Gasteiger charge is -2.15. The van der Waals surface area contributed by atoms with E-state index in [4.69, 9.17) is 5.73 Å². The Labute approximate surface area is 119 Å². The number of nitrogens with zero attached hydrogens (tertiary/aromatic N) is 1. The molecular formula is C18H18N2. The summed E-state index contributed by atoms with van der Waals surface area (Å²) in [5.74, 6) is 0. The first-order valence-corrected chi connectivity index (χ1v) is 6.89. The van der Waals surface area contributed by atoms with Crippen LogP contribution in [0.3, 0.4) is 0 Å². The smallest absolute Gasteiger partial charge is 0.0749 e. The van der Waals surface area contributed by atoms with Crippen LogP contribution in [-0.2, 0) is 6.42 Å². The highest BCUT2D eigenvalue weighted by atomic mass is 14.7. The standard InChI is InChI=1S/C18H18N2/c1-13-6-2-3-7-15(13)12-17(19)16-10-4-8-14-9-5-11-20-18(14)16/h2-11,17H,12,19H2,1H3.